The van der Waals surface area contributed by atoms with Crippen LogP contribution in [0.1, 0.15) is 6.42 Å². The number of rotatable bonds is 2. The first-order valence-corrected chi connectivity index (χ1v) is 6.81. The second-order valence-electron chi connectivity index (χ2n) is 3.75. The summed E-state index contributed by atoms with van der Waals surface area (Å²) in [5, 5.41) is 0. The molecule has 1 aromatic rings. The minimum atomic E-state index is 0.107. The van der Waals surface area contributed by atoms with E-state index in [1.807, 2.05) is 12.1 Å². The lowest BCUT2D eigenvalue weighted by molar-refractivity contribution is -0.117. The Balaban J connectivity index is 2.24. The topological polar surface area (TPSA) is 59.2 Å². The van der Waals surface area contributed by atoms with Crippen molar-refractivity contribution in [2.75, 3.05) is 18.0 Å². The summed E-state index contributed by atoms with van der Waals surface area (Å²) < 4.78 is 1.80. The van der Waals surface area contributed by atoms with Crippen molar-refractivity contribution in [3.63, 3.8) is 0 Å². The smallest absolute Gasteiger partial charge is 0.228 e. The van der Waals surface area contributed by atoms with Crippen LogP contribution in [0.4, 0.5) is 5.82 Å². The molecule has 1 unspecified atom stereocenters. The molecule has 2 rings (SSSR count). The molecule has 2 heterocycles. The van der Waals surface area contributed by atoms with Crippen LogP contribution in [0.2, 0.25) is 0 Å². The van der Waals surface area contributed by atoms with Gasteiger partial charge in [0.25, 0.3) is 0 Å². The molecule has 86 valence electrons. The van der Waals surface area contributed by atoms with Crippen LogP contribution in [0, 0.1) is 9.49 Å². The van der Waals surface area contributed by atoms with Crippen LogP contribution in [-0.2, 0) is 4.79 Å². The summed E-state index contributed by atoms with van der Waals surface area (Å²) in [7, 11) is 0. The third-order valence-corrected chi connectivity index (χ3v) is 4.82. The fourth-order valence-corrected chi connectivity index (χ4v) is 2.33. The largest absolute Gasteiger partial charge is 0.330 e. The van der Waals surface area contributed by atoms with Crippen molar-refractivity contribution >= 4 is 50.2 Å². The van der Waals surface area contributed by atoms with Gasteiger partial charge in [-0.3, -0.25) is 9.69 Å². The van der Waals surface area contributed by atoms with E-state index in [1.165, 1.54) is 0 Å². The zero-order chi connectivity index (χ0) is 11.7. The zero-order valence-corrected chi connectivity index (χ0v) is 12.2. The number of halogens is 2. The van der Waals surface area contributed by atoms with Gasteiger partial charge in [0.1, 0.15) is 10.4 Å². The molecule has 0 radical (unpaired) electrons. The molecule has 1 saturated heterocycles. The lowest BCUT2D eigenvalue weighted by Crippen LogP contribution is -2.26. The highest BCUT2D eigenvalue weighted by molar-refractivity contribution is 14.1. The van der Waals surface area contributed by atoms with Gasteiger partial charge >= 0.3 is 0 Å². The van der Waals surface area contributed by atoms with Crippen LogP contribution in [-0.4, -0.2) is 24.0 Å². The first kappa shape index (κ1) is 12.3. The predicted octanol–water partition coefficient (Wildman–Crippen LogP) is 1.76. The number of anilines is 1. The molecule has 1 fully saturated rings. The van der Waals surface area contributed by atoms with E-state index >= 15 is 0 Å². The van der Waals surface area contributed by atoms with Gasteiger partial charge in [0, 0.05) is 16.5 Å². The predicted molar refractivity (Wildman–Crippen MR) is 74.2 cm³/mol. The van der Waals surface area contributed by atoms with Gasteiger partial charge in [-0.25, -0.2) is 4.98 Å². The number of nitrogens with zero attached hydrogens (tertiary/aromatic N) is 2. The molecule has 1 aliphatic rings. The molecular formula is C10H11BrIN3O. The monoisotopic (exact) mass is 395 g/mol. The SMILES string of the molecule is NCC1CC(=O)N(c2ccc(I)c(Br)n2)C1. The van der Waals surface area contributed by atoms with Crippen molar-refractivity contribution in [1.82, 2.24) is 4.98 Å². The molecule has 2 N–H and O–H groups in total. The summed E-state index contributed by atoms with van der Waals surface area (Å²) in [6.07, 6.45) is 0.530. The molecule has 0 saturated carbocycles. The molecule has 0 aliphatic carbocycles. The summed E-state index contributed by atoms with van der Waals surface area (Å²) >= 11 is 5.55. The van der Waals surface area contributed by atoms with E-state index in [2.05, 4.69) is 43.5 Å². The maximum absolute atomic E-state index is 11.8. The number of carbonyl (C=O) groups is 1. The average Bonchev–Trinajstić information content (AvgIpc) is 2.64. The van der Waals surface area contributed by atoms with Crippen LogP contribution in [0.25, 0.3) is 0 Å². The number of aromatic nitrogens is 1. The van der Waals surface area contributed by atoms with E-state index in [0.717, 1.165) is 8.17 Å². The highest BCUT2D eigenvalue weighted by atomic mass is 127. The standard InChI is InChI=1S/C10H11BrIN3O/c11-10-7(12)1-2-8(14-10)15-5-6(4-13)3-9(15)16/h1-2,6H,3-5,13H2. The Kier molecular flexibility index (Phi) is 3.81. The van der Waals surface area contributed by atoms with E-state index < -0.39 is 0 Å². The van der Waals surface area contributed by atoms with E-state index in [4.69, 9.17) is 5.73 Å². The lowest BCUT2D eigenvalue weighted by Gasteiger charge is -2.15. The van der Waals surface area contributed by atoms with Crippen molar-refractivity contribution in [3.05, 3.63) is 20.3 Å². The van der Waals surface area contributed by atoms with Gasteiger partial charge < -0.3 is 5.73 Å². The summed E-state index contributed by atoms with van der Waals surface area (Å²) in [6, 6.07) is 3.80. The number of hydrogen-bond acceptors (Lipinski definition) is 3. The molecule has 1 aliphatic heterocycles. The fourth-order valence-electron chi connectivity index (χ4n) is 1.72. The highest BCUT2D eigenvalue weighted by Gasteiger charge is 2.30. The maximum atomic E-state index is 11.8. The second-order valence-corrected chi connectivity index (χ2v) is 5.67. The lowest BCUT2D eigenvalue weighted by atomic mass is 10.1. The third kappa shape index (κ3) is 2.38. The van der Waals surface area contributed by atoms with Crippen molar-refractivity contribution in [1.29, 1.82) is 0 Å². The molecule has 1 atom stereocenters. The van der Waals surface area contributed by atoms with Crippen molar-refractivity contribution < 1.29 is 4.79 Å². The molecular weight excluding hydrogens is 385 g/mol. The van der Waals surface area contributed by atoms with Crippen molar-refractivity contribution in [2.24, 2.45) is 11.7 Å². The van der Waals surface area contributed by atoms with Crippen LogP contribution in [0.3, 0.4) is 0 Å². The van der Waals surface area contributed by atoms with Crippen molar-refractivity contribution in [2.45, 2.75) is 6.42 Å². The first-order valence-electron chi connectivity index (χ1n) is 4.94. The molecule has 0 aromatic carbocycles. The number of pyridine rings is 1. The summed E-state index contributed by atoms with van der Waals surface area (Å²) in [5.41, 5.74) is 5.58. The summed E-state index contributed by atoms with van der Waals surface area (Å²) in [4.78, 5) is 17.8. The minimum Gasteiger partial charge on any atom is -0.330 e. The number of nitrogens with two attached hydrogens (primary N) is 1. The molecule has 0 spiro atoms. The van der Waals surface area contributed by atoms with Gasteiger partial charge in [-0.1, -0.05) is 0 Å². The van der Waals surface area contributed by atoms with Gasteiger partial charge in [0.2, 0.25) is 5.91 Å². The third-order valence-electron chi connectivity index (χ3n) is 2.60. The Bertz CT molecular complexity index is 427. The average molecular weight is 396 g/mol. The maximum Gasteiger partial charge on any atom is 0.228 e. The fraction of sp³-hybridized carbons (Fsp3) is 0.400. The van der Waals surface area contributed by atoms with Crippen LogP contribution in [0.5, 0.6) is 0 Å². The van der Waals surface area contributed by atoms with E-state index in [1.54, 1.807) is 4.90 Å². The van der Waals surface area contributed by atoms with Gasteiger partial charge in [-0.15, -0.1) is 0 Å². The highest BCUT2D eigenvalue weighted by Crippen LogP contribution is 2.26. The Morgan fingerprint density at radius 1 is 1.62 bits per heavy atom. The molecule has 0 bridgehead atoms. The number of amides is 1. The minimum absolute atomic E-state index is 0.107. The van der Waals surface area contributed by atoms with E-state index in [-0.39, 0.29) is 11.8 Å². The van der Waals surface area contributed by atoms with Gasteiger partial charge in [-0.05, 0) is 63.1 Å². The van der Waals surface area contributed by atoms with Gasteiger partial charge in [-0.2, -0.15) is 0 Å². The van der Waals surface area contributed by atoms with E-state index in [9.17, 15) is 4.79 Å². The molecule has 1 aromatic heterocycles. The zero-order valence-electron chi connectivity index (χ0n) is 8.49. The van der Waals surface area contributed by atoms with Crippen LogP contribution >= 0.6 is 38.5 Å². The molecule has 1 amide bonds. The quantitative estimate of drug-likeness (QED) is 0.613. The Labute approximate surface area is 116 Å². The van der Waals surface area contributed by atoms with Gasteiger partial charge in [0.05, 0.1) is 0 Å². The van der Waals surface area contributed by atoms with Crippen LogP contribution < -0.4 is 10.6 Å². The summed E-state index contributed by atoms with van der Waals surface area (Å²) in [5.74, 6) is 1.07. The summed E-state index contributed by atoms with van der Waals surface area (Å²) in [6.45, 7) is 1.23. The van der Waals surface area contributed by atoms with Gasteiger partial charge in [0.15, 0.2) is 0 Å². The van der Waals surface area contributed by atoms with Crippen LogP contribution in [0.15, 0.2) is 16.7 Å². The second kappa shape index (κ2) is 4.97. The van der Waals surface area contributed by atoms with E-state index in [0.29, 0.717) is 25.3 Å². The normalized spacial score (nSPS) is 20.6. The Morgan fingerprint density at radius 2 is 2.38 bits per heavy atom. The number of carbonyl (C=O) groups excluding carboxylic acids is 1. The molecule has 6 heteroatoms. The molecule has 16 heavy (non-hydrogen) atoms. The Hall–Kier alpha value is -0.210. The number of hydrogen-bond donors (Lipinski definition) is 1. The van der Waals surface area contributed by atoms with Crippen molar-refractivity contribution in [3.8, 4) is 0 Å². The Morgan fingerprint density at radius 3 is 2.94 bits per heavy atom. The molecule has 4 nitrogen and oxygen atoms in total. The first-order chi connectivity index (χ1) is 7.61.